The van der Waals surface area contributed by atoms with E-state index in [1.54, 1.807) is 12.1 Å². The Balaban J connectivity index is 3.01. The van der Waals surface area contributed by atoms with Gasteiger partial charge < -0.3 is 5.32 Å². The second-order valence-electron chi connectivity index (χ2n) is 2.76. The van der Waals surface area contributed by atoms with Crippen LogP contribution in [0.5, 0.6) is 0 Å². The van der Waals surface area contributed by atoms with Gasteiger partial charge in [-0.15, -0.1) is 0 Å². The van der Waals surface area contributed by atoms with E-state index in [2.05, 4.69) is 11.9 Å². The van der Waals surface area contributed by atoms with E-state index in [0.717, 1.165) is 5.56 Å². The van der Waals surface area contributed by atoms with Crippen molar-refractivity contribution < 1.29 is 4.79 Å². The van der Waals surface area contributed by atoms with Crippen LogP contribution in [-0.2, 0) is 4.79 Å². The van der Waals surface area contributed by atoms with Gasteiger partial charge in [-0.2, -0.15) is 0 Å². The molecule has 1 aromatic rings. The second kappa shape index (κ2) is 4.49. The van der Waals surface area contributed by atoms with Crippen LogP contribution in [0.25, 0.3) is 0 Å². The van der Waals surface area contributed by atoms with E-state index in [9.17, 15) is 4.79 Å². The van der Waals surface area contributed by atoms with Crippen LogP contribution < -0.4 is 5.32 Å². The Hall–Kier alpha value is -0.990. The van der Waals surface area contributed by atoms with E-state index in [0.29, 0.717) is 15.7 Å². The molecule has 14 heavy (non-hydrogen) atoms. The molecule has 0 aromatic heterocycles. The molecule has 0 aliphatic carbocycles. The van der Waals surface area contributed by atoms with E-state index in [-0.39, 0.29) is 5.91 Å². The average Bonchev–Trinajstić information content (AvgIpc) is 2.14. The van der Waals surface area contributed by atoms with Gasteiger partial charge in [0.2, 0.25) is 5.91 Å². The first-order chi connectivity index (χ1) is 6.54. The Labute approximate surface area is 92.5 Å². The lowest BCUT2D eigenvalue weighted by atomic mass is 10.2. The van der Waals surface area contributed by atoms with E-state index >= 15 is 0 Å². The number of carbonyl (C=O) groups is 1. The van der Waals surface area contributed by atoms with Gasteiger partial charge in [0.25, 0.3) is 0 Å². The third kappa shape index (κ3) is 2.50. The van der Waals surface area contributed by atoms with Crippen LogP contribution in [0.4, 0.5) is 5.69 Å². The molecular weight excluding hydrogens is 221 g/mol. The number of nitrogens with one attached hydrogen (secondary N) is 1. The van der Waals surface area contributed by atoms with Gasteiger partial charge in [-0.1, -0.05) is 29.8 Å². The molecule has 1 amide bonds. The minimum atomic E-state index is -0.291. The molecule has 2 nitrogen and oxygen atoms in total. The highest BCUT2D eigenvalue weighted by Gasteiger charge is 2.04. The van der Waals surface area contributed by atoms with Crippen molar-refractivity contribution in [3.63, 3.8) is 0 Å². The van der Waals surface area contributed by atoms with Crippen molar-refractivity contribution in [1.82, 2.24) is 0 Å². The molecule has 0 radical (unpaired) electrons. The van der Waals surface area contributed by atoms with E-state index < -0.39 is 0 Å². The standard InChI is InChI=1S/C10H9Cl2NO/c1-3-10(14)13-7-4-8(11)6(2)9(12)5-7/h3-5H,1H2,2H3,(H,13,14). The number of hydrogen-bond acceptors (Lipinski definition) is 1. The number of anilines is 1. The molecule has 0 atom stereocenters. The van der Waals surface area contributed by atoms with Crippen molar-refractivity contribution in [3.05, 3.63) is 40.4 Å². The monoisotopic (exact) mass is 229 g/mol. The topological polar surface area (TPSA) is 29.1 Å². The summed E-state index contributed by atoms with van der Waals surface area (Å²) < 4.78 is 0. The van der Waals surface area contributed by atoms with Gasteiger partial charge in [-0.25, -0.2) is 0 Å². The summed E-state index contributed by atoms with van der Waals surface area (Å²) in [6.45, 7) is 5.15. The van der Waals surface area contributed by atoms with Crippen LogP contribution in [0.2, 0.25) is 10.0 Å². The minimum absolute atomic E-state index is 0.291. The van der Waals surface area contributed by atoms with Crippen LogP contribution in [0.3, 0.4) is 0 Å². The fourth-order valence-electron chi connectivity index (χ4n) is 0.911. The highest BCUT2D eigenvalue weighted by Crippen LogP contribution is 2.27. The Morgan fingerprint density at radius 3 is 2.36 bits per heavy atom. The SMILES string of the molecule is C=CC(=O)Nc1cc(Cl)c(C)c(Cl)c1. The van der Waals surface area contributed by atoms with Gasteiger partial charge in [0.1, 0.15) is 0 Å². The summed E-state index contributed by atoms with van der Waals surface area (Å²) in [6, 6.07) is 3.29. The summed E-state index contributed by atoms with van der Waals surface area (Å²) in [5.41, 5.74) is 1.36. The quantitative estimate of drug-likeness (QED) is 0.774. The average molecular weight is 230 g/mol. The molecule has 74 valence electrons. The number of rotatable bonds is 2. The molecule has 1 aromatic carbocycles. The lowest BCUT2D eigenvalue weighted by Crippen LogP contribution is -2.07. The molecule has 1 N–H and O–H groups in total. The smallest absolute Gasteiger partial charge is 0.247 e. The maximum Gasteiger partial charge on any atom is 0.247 e. The Morgan fingerprint density at radius 2 is 1.93 bits per heavy atom. The highest BCUT2D eigenvalue weighted by molar-refractivity contribution is 6.36. The first-order valence-electron chi connectivity index (χ1n) is 3.93. The molecule has 0 spiro atoms. The number of amides is 1. The zero-order chi connectivity index (χ0) is 10.7. The summed E-state index contributed by atoms with van der Waals surface area (Å²) >= 11 is 11.8. The molecule has 0 fully saturated rings. The summed E-state index contributed by atoms with van der Waals surface area (Å²) in [7, 11) is 0. The zero-order valence-electron chi connectivity index (χ0n) is 7.60. The molecule has 0 aliphatic rings. The maximum atomic E-state index is 11.0. The fourth-order valence-corrected chi connectivity index (χ4v) is 1.40. The first-order valence-corrected chi connectivity index (χ1v) is 4.69. The fraction of sp³-hybridized carbons (Fsp3) is 0.100. The molecule has 0 bridgehead atoms. The number of carbonyl (C=O) groups excluding carboxylic acids is 1. The molecule has 0 saturated carbocycles. The van der Waals surface area contributed by atoms with Crippen LogP contribution in [0.1, 0.15) is 5.56 Å². The van der Waals surface area contributed by atoms with E-state index in [1.807, 2.05) is 6.92 Å². The summed E-state index contributed by atoms with van der Waals surface area (Å²) in [4.78, 5) is 11.0. The Kier molecular flexibility index (Phi) is 3.55. The summed E-state index contributed by atoms with van der Waals surface area (Å²) in [5.74, 6) is -0.291. The summed E-state index contributed by atoms with van der Waals surface area (Å²) in [6.07, 6.45) is 1.18. The molecular formula is C10H9Cl2NO. The van der Waals surface area contributed by atoms with Gasteiger partial charge in [0.05, 0.1) is 0 Å². The molecule has 1 rings (SSSR count). The van der Waals surface area contributed by atoms with Gasteiger partial charge in [-0.05, 0) is 30.7 Å². The summed E-state index contributed by atoms with van der Waals surface area (Å²) in [5, 5.41) is 3.62. The molecule has 0 aliphatic heterocycles. The van der Waals surface area contributed by atoms with Crippen molar-refractivity contribution >= 4 is 34.8 Å². The third-order valence-corrected chi connectivity index (χ3v) is 2.52. The van der Waals surface area contributed by atoms with E-state index in [4.69, 9.17) is 23.2 Å². The normalized spacial score (nSPS) is 9.64. The van der Waals surface area contributed by atoms with Crippen molar-refractivity contribution in [3.8, 4) is 0 Å². The molecule has 0 saturated heterocycles. The molecule has 4 heteroatoms. The van der Waals surface area contributed by atoms with Gasteiger partial charge in [-0.3, -0.25) is 4.79 Å². The van der Waals surface area contributed by atoms with Gasteiger partial charge in [0.15, 0.2) is 0 Å². The largest absolute Gasteiger partial charge is 0.322 e. The van der Waals surface area contributed by atoms with Crippen LogP contribution in [-0.4, -0.2) is 5.91 Å². The van der Waals surface area contributed by atoms with Crippen molar-refractivity contribution in [2.24, 2.45) is 0 Å². The van der Waals surface area contributed by atoms with E-state index in [1.165, 1.54) is 6.08 Å². The van der Waals surface area contributed by atoms with Gasteiger partial charge >= 0.3 is 0 Å². The van der Waals surface area contributed by atoms with Crippen LogP contribution >= 0.6 is 23.2 Å². The van der Waals surface area contributed by atoms with Crippen LogP contribution in [0.15, 0.2) is 24.8 Å². The van der Waals surface area contributed by atoms with Crippen molar-refractivity contribution in [1.29, 1.82) is 0 Å². The third-order valence-electron chi connectivity index (χ3n) is 1.73. The Morgan fingerprint density at radius 1 is 1.43 bits per heavy atom. The maximum absolute atomic E-state index is 11.0. The first kappa shape index (κ1) is 11.1. The van der Waals surface area contributed by atoms with Crippen molar-refractivity contribution in [2.45, 2.75) is 6.92 Å². The lowest BCUT2D eigenvalue weighted by Gasteiger charge is -2.06. The van der Waals surface area contributed by atoms with Crippen molar-refractivity contribution in [2.75, 3.05) is 5.32 Å². The van der Waals surface area contributed by atoms with Crippen LogP contribution in [0, 0.1) is 6.92 Å². The zero-order valence-corrected chi connectivity index (χ0v) is 9.12. The number of benzene rings is 1. The molecule has 0 heterocycles. The number of hydrogen-bond donors (Lipinski definition) is 1. The number of halogens is 2. The van der Waals surface area contributed by atoms with Gasteiger partial charge in [0, 0.05) is 15.7 Å². The predicted octanol–water partition coefficient (Wildman–Crippen LogP) is 3.43. The highest BCUT2D eigenvalue weighted by atomic mass is 35.5. The second-order valence-corrected chi connectivity index (χ2v) is 3.57. The molecule has 0 unspecified atom stereocenters. The Bertz CT molecular complexity index is 365. The minimum Gasteiger partial charge on any atom is -0.322 e. The lowest BCUT2D eigenvalue weighted by molar-refractivity contribution is -0.111. The predicted molar refractivity (Wildman–Crippen MR) is 60.0 cm³/mol.